The number of hydrogen-bond acceptors (Lipinski definition) is 3. The van der Waals surface area contributed by atoms with Crippen molar-refractivity contribution in [1.29, 1.82) is 0 Å². The van der Waals surface area contributed by atoms with Gasteiger partial charge in [0.25, 0.3) is 5.91 Å². The van der Waals surface area contributed by atoms with Crippen LogP contribution in [0.2, 0.25) is 0 Å². The summed E-state index contributed by atoms with van der Waals surface area (Å²) in [4.78, 5) is 27.3. The highest BCUT2D eigenvalue weighted by atomic mass is 19.1. The number of Topliss-reactive ketones (excluding diaryl/α,β-unsaturated/α-hetero) is 1. The van der Waals surface area contributed by atoms with Gasteiger partial charge in [-0.2, -0.15) is 0 Å². The van der Waals surface area contributed by atoms with Crippen LogP contribution in [0.3, 0.4) is 0 Å². The molecule has 2 atom stereocenters. The lowest BCUT2D eigenvalue weighted by atomic mass is 9.71. The van der Waals surface area contributed by atoms with Crippen LogP contribution in [0.15, 0.2) is 101 Å². The highest BCUT2D eigenvalue weighted by Gasteiger charge is 2.41. The van der Waals surface area contributed by atoms with Gasteiger partial charge < -0.3 is 10.6 Å². The summed E-state index contributed by atoms with van der Waals surface area (Å²) in [7, 11) is 0. The topological polar surface area (TPSA) is 58.2 Å². The molecule has 5 heteroatoms. The Labute approximate surface area is 210 Å². The third kappa shape index (κ3) is 4.49. The minimum Gasteiger partial charge on any atom is -0.362 e. The molecular weight excluding hydrogens is 451 g/mol. The lowest BCUT2D eigenvalue weighted by Gasteiger charge is -2.37. The quantitative estimate of drug-likeness (QED) is 0.445. The summed E-state index contributed by atoms with van der Waals surface area (Å²) in [6.07, 6.45) is 1.97. The van der Waals surface area contributed by atoms with Crippen molar-refractivity contribution >= 4 is 17.4 Å². The van der Waals surface area contributed by atoms with E-state index in [-0.39, 0.29) is 17.4 Å². The van der Waals surface area contributed by atoms with Gasteiger partial charge in [-0.25, -0.2) is 4.39 Å². The fraction of sp³-hybridized carbons (Fsp3) is 0.226. The molecule has 1 amide bonds. The number of para-hydroxylation sites is 1. The second-order valence-corrected chi connectivity index (χ2v) is 9.46. The largest absolute Gasteiger partial charge is 0.362 e. The number of hydrogen-bond donors (Lipinski definition) is 2. The van der Waals surface area contributed by atoms with Crippen LogP contribution in [0.5, 0.6) is 0 Å². The first-order valence-corrected chi connectivity index (χ1v) is 12.4. The molecule has 36 heavy (non-hydrogen) atoms. The van der Waals surface area contributed by atoms with Crippen LogP contribution in [0.1, 0.15) is 55.2 Å². The van der Waals surface area contributed by atoms with E-state index < -0.39 is 17.6 Å². The Morgan fingerprint density at radius 1 is 0.944 bits per heavy atom. The number of nitrogens with one attached hydrogen (secondary N) is 2. The van der Waals surface area contributed by atoms with E-state index in [1.54, 1.807) is 12.1 Å². The number of carbonyl (C=O) groups is 2. The maximum absolute atomic E-state index is 14.3. The van der Waals surface area contributed by atoms with E-state index in [2.05, 4.69) is 29.7 Å². The van der Waals surface area contributed by atoms with Gasteiger partial charge in [-0.3, -0.25) is 9.59 Å². The first kappa shape index (κ1) is 23.7. The van der Waals surface area contributed by atoms with Gasteiger partial charge in [0.2, 0.25) is 0 Å². The molecule has 1 aliphatic heterocycles. The van der Waals surface area contributed by atoms with E-state index >= 15 is 0 Å². The Hall–Kier alpha value is -3.99. The van der Waals surface area contributed by atoms with Crippen molar-refractivity contribution in [3.8, 4) is 0 Å². The second kappa shape index (κ2) is 9.94. The number of aryl methyl sites for hydroxylation is 1. The van der Waals surface area contributed by atoms with Crippen molar-refractivity contribution in [1.82, 2.24) is 5.32 Å². The molecule has 0 saturated carbocycles. The summed E-state index contributed by atoms with van der Waals surface area (Å²) in [5.41, 5.74) is 5.92. The van der Waals surface area contributed by atoms with Crippen LogP contribution >= 0.6 is 0 Å². The van der Waals surface area contributed by atoms with E-state index in [9.17, 15) is 14.0 Å². The molecule has 4 nitrogen and oxygen atoms in total. The molecule has 0 spiro atoms. The normalized spacial score (nSPS) is 19.6. The van der Waals surface area contributed by atoms with Crippen LogP contribution in [0.25, 0.3) is 0 Å². The van der Waals surface area contributed by atoms with Gasteiger partial charge in [-0.05, 0) is 54.5 Å². The number of carbonyl (C=O) groups excluding carboxylic acids is 2. The van der Waals surface area contributed by atoms with Crippen molar-refractivity contribution in [3.05, 3.63) is 124 Å². The maximum atomic E-state index is 14.3. The van der Waals surface area contributed by atoms with Crippen molar-refractivity contribution in [3.63, 3.8) is 0 Å². The molecular formula is C31H29FN2O2. The lowest BCUT2D eigenvalue weighted by Crippen LogP contribution is -2.37. The van der Waals surface area contributed by atoms with Gasteiger partial charge in [0.1, 0.15) is 5.82 Å². The van der Waals surface area contributed by atoms with E-state index in [1.807, 2.05) is 49.4 Å². The minimum atomic E-state index is -0.525. The highest BCUT2D eigenvalue weighted by molar-refractivity contribution is 6.10. The number of allylic oxidation sites excluding steroid dienone is 3. The second-order valence-electron chi connectivity index (χ2n) is 9.46. The third-order valence-electron chi connectivity index (χ3n) is 7.19. The number of halogens is 1. The van der Waals surface area contributed by atoms with Gasteiger partial charge in [0, 0.05) is 34.9 Å². The van der Waals surface area contributed by atoms with Crippen molar-refractivity contribution in [2.24, 2.45) is 0 Å². The van der Waals surface area contributed by atoms with Crippen molar-refractivity contribution < 1.29 is 14.0 Å². The highest BCUT2D eigenvalue weighted by Crippen LogP contribution is 2.45. The Kier molecular flexibility index (Phi) is 6.55. The summed E-state index contributed by atoms with van der Waals surface area (Å²) in [5, 5.41) is 6.12. The first-order chi connectivity index (χ1) is 17.5. The average molecular weight is 481 g/mol. The number of dihydropyridines is 1. The van der Waals surface area contributed by atoms with Crippen molar-refractivity contribution in [2.75, 3.05) is 5.32 Å². The first-order valence-electron chi connectivity index (χ1n) is 12.4. The fourth-order valence-corrected chi connectivity index (χ4v) is 5.33. The van der Waals surface area contributed by atoms with Crippen molar-refractivity contribution in [2.45, 2.75) is 44.9 Å². The molecule has 3 aromatic rings. The Bertz CT molecular complexity index is 1370. The molecule has 0 unspecified atom stereocenters. The predicted molar refractivity (Wildman–Crippen MR) is 140 cm³/mol. The van der Waals surface area contributed by atoms with Crippen LogP contribution < -0.4 is 10.6 Å². The molecule has 2 aliphatic rings. The molecule has 0 radical (unpaired) electrons. The molecule has 0 bridgehead atoms. The zero-order valence-corrected chi connectivity index (χ0v) is 20.5. The smallest absolute Gasteiger partial charge is 0.254 e. The fourth-order valence-electron chi connectivity index (χ4n) is 5.33. The number of ketones is 1. The molecule has 0 fully saturated rings. The van der Waals surface area contributed by atoms with Gasteiger partial charge in [0.05, 0.1) is 5.69 Å². The molecule has 182 valence electrons. The SMILES string of the molecule is CCc1ccc([C@H]2C(C(=O)Nc3ccccc3F)=C(C)NC3=C2C(=O)C[C@H](c2ccccc2)C3)cc1. The Morgan fingerprint density at radius 3 is 2.33 bits per heavy atom. The Balaban J connectivity index is 1.57. The number of amides is 1. The lowest BCUT2D eigenvalue weighted by molar-refractivity contribution is -0.116. The summed E-state index contributed by atoms with van der Waals surface area (Å²) < 4.78 is 14.3. The number of anilines is 1. The van der Waals surface area contributed by atoms with Gasteiger partial charge >= 0.3 is 0 Å². The standard InChI is InChI=1S/C31H29FN2O2/c1-3-20-13-15-22(16-14-20)29-28(31(36)34-25-12-8-7-11-24(25)32)19(2)33-26-17-23(18-27(35)30(26)29)21-9-5-4-6-10-21/h4-16,23,29,33H,3,17-18H2,1-2H3,(H,34,36)/t23-,29+/m1/s1. The van der Waals surface area contributed by atoms with E-state index in [1.165, 1.54) is 17.7 Å². The molecule has 3 aromatic carbocycles. The number of benzene rings is 3. The zero-order valence-electron chi connectivity index (χ0n) is 20.5. The maximum Gasteiger partial charge on any atom is 0.254 e. The monoisotopic (exact) mass is 480 g/mol. The molecule has 5 rings (SSSR count). The van der Waals surface area contributed by atoms with E-state index in [0.717, 1.165) is 23.2 Å². The van der Waals surface area contributed by atoms with Gasteiger partial charge in [0.15, 0.2) is 5.78 Å². The van der Waals surface area contributed by atoms with Gasteiger partial charge in [-0.1, -0.05) is 73.7 Å². The summed E-state index contributed by atoms with van der Waals surface area (Å²) in [5.74, 6) is -1.33. The zero-order chi connectivity index (χ0) is 25.2. The van der Waals surface area contributed by atoms with Crippen LogP contribution in [-0.2, 0) is 16.0 Å². The summed E-state index contributed by atoms with van der Waals surface area (Å²) in [6, 6.07) is 24.3. The van der Waals surface area contributed by atoms with E-state index in [4.69, 9.17) is 0 Å². The molecule has 0 saturated heterocycles. The predicted octanol–water partition coefficient (Wildman–Crippen LogP) is 6.39. The van der Waals surface area contributed by atoms with Crippen LogP contribution in [0.4, 0.5) is 10.1 Å². The minimum absolute atomic E-state index is 0.0332. The van der Waals surface area contributed by atoms with Crippen LogP contribution in [0, 0.1) is 5.82 Å². The van der Waals surface area contributed by atoms with Gasteiger partial charge in [-0.15, -0.1) is 0 Å². The van der Waals surface area contributed by atoms with Crippen LogP contribution in [-0.4, -0.2) is 11.7 Å². The molecule has 0 aromatic heterocycles. The Morgan fingerprint density at radius 2 is 1.64 bits per heavy atom. The molecule has 2 N–H and O–H groups in total. The molecule has 1 aliphatic carbocycles. The summed E-state index contributed by atoms with van der Waals surface area (Å²) in [6.45, 7) is 3.94. The summed E-state index contributed by atoms with van der Waals surface area (Å²) >= 11 is 0. The average Bonchev–Trinajstić information content (AvgIpc) is 2.89. The third-order valence-corrected chi connectivity index (χ3v) is 7.19. The molecule has 1 heterocycles. The van der Waals surface area contributed by atoms with E-state index in [0.29, 0.717) is 29.7 Å². The number of rotatable bonds is 5.